The van der Waals surface area contributed by atoms with Crippen LogP contribution >= 0.6 is 11.3 Å². The first-order chi connectivity index (χ1) is 16.7. The van der Waals surface area contributed by atoms with E-state index < -0.39 is 5.97 Å². The largest absolute Gasteiger partial charge is 0.487 e. The molecule has 0 saturated carbocycles. The third kappa shape index (κ3) is 4.89. The molecule has 0 spiro atoms. The van der Waals surface area contributed by atoms with E-state index in [1.165, 1.54) is 0 Å². The SMILES string of the molecule is O=C(O)c1cn(Cc2ccc(OCc3csc(-c4ccccc4)n3)cc2)nc1-c1ccccc1. The highest BCUT2D eigenvalue weighted by atomic mass is 32.1. The van der Waals surface area contributed by atoms with E-state index in [1.807, 2.05) is 90.3 Å². The van der Waals surface area contributed by atoms with Gasteiger partial charge in [0.2, 0.25) is 0 Å². The average Bonchev–Trinajstić information content (AvgIpc) is 3.52. The molecule has 2 heterocycles. The van der Waals surface area contributed by atoms with Crippen LogP contribution < -0.4 is 4.74 Å². The van der Waals surface area contributed by atoms with Crippen molar-refractivity contribution in [2.24, 2.45) is 0 Å². The van der Waals surface area contributed by atoms with Crippen LogP contribution in [0, 0.1) is 0 Å². The maximum absolute atomic E-state index is 11.7. The van der Waals surface area contributed by atoms with Gasteiger partial charge in [0.15, 0.2) is 0 Å². The molecule has 34 heavy (non-hydrogen) atoms. The van der Waals surface area contributed by atoms with Crippen molar-refractivity contribution < 1.29 is 14.6 Å². The van der Waals surface area contributed by atoms with Crippen LogP contribution in [-0.4, -0.2) is 25.8 Å². The lowest BCUT2D eigenvalue weighted by atomic mass is 10.1. The fraction of sp³-hybridized carbons (Fsp3) is 0.0741. The van der Waals surface area contributed by atoms with Crippen LogP contribution in [-0.2, 0) is 13.2 Å². The number of thiazole rings is 1. The second-order valence-electron chi connectivity index (χ2n) is 7.70. The highest BCUT2D eigenvalue weighted by Gasteiger charge is 2.17. The summed E-state index contributed by atoms with van der Waals surface area (Å²) in [6, 6.07) is 27.1. The van der Waals surface area contributed by atoms with Crippen LogP contribution in [0.15, 0.2) is 96.5 Å². The Bertz CT molecular complexity index is 1390. The van der Waals surface area contributed by atoms with Gasteiger partial charge in [-0.25, -0.2) is 9.78 Å². The average molecular weight is 468 g/mol. The molecule has 2 aromatic heterocycles. The minimum Gasteiger partial charge on any atom is -0.487 e. The zero-order chi connectivity index (χ0) is 23.3. The smallest absolute Gasteiger partial charge is 0.339 e. The number of carboxylic acid groups (broad SMARTS) is 1. The predicted molar refractivity (Wildman–Crippen MR) is 132 cm³/mol. The third-order valence-corrected chi connectivity index (χ3v) is 6.21. The molecule has 5 aromatic rings. The van der Waals surface area contributed by atoms with Crippen LogP contribution in [0.1, 0.15) is 21.6 Å². The van der Waals surface area contributed by atoms with Crippen molar-refractivity contribution in [1.29, 1.82) is 0 Å². The molecule has 0 atom stereocenters. The molecular weight excluding hydrogens is 446 g/mol. The van der Waals surface area contributed by atoms with Crippen molar-refractivity contribution in [2.75, 3.05) is 0 Å². The van der Waals surface area contributed by atoms with E-state index in [4.69, 9.17) is 4.74 Å². The molecule has 6 nitrogen and oxygen atoms in total. The van der Waals surface area contributed by atoms with Gasteiger partial charge < -0.3 is 9.84 Å². The van der Waals surface area contributed by atoms with Crippen LogP contribution in [0.4, 0.5) is 0 Å². The van der Waals surface area contributed by atoms with Crippen molar-refractivity contribution >= 4 is 17.3 Å². The molecule has 168 valence electrons. The summed E-state index contributed by atoms with van der Waals surface area (Å²) < 4.78 is 7.56. The summed E-state index contributed by atoms with van der Waals surface area (Å²) in [6.07, 6.45) is 1.57. The molecule has 0 aliphatic carbocycles. The first-order valence-electron chi connectivity index (χ1n) is 10.7. The van der Waals surface area contributed by atoms with Crippen LogP contribution in [0.5, 0.6) is 5.75 Å². The van der Waals surface area contributed by atoms with Gasteiger partial charge in [-0.1, -0.05) is 72.8 Å². The second-order valence-corrected chi connectivity index (χ2v) is 8.56. The first-order valence-corrected chi connectivity index (χ1v) is 11.6. The first kappa shape index (κ1) is 21.6. The third-order valence-electron chi connectivity index (χ3n) is 5.27. The Morgan fingerprint density at radius 3 is 2.26 bits per heavy atom. The fourth-order valence-electron chi connectivity index (χ4n) is 3.59. The van der Waals surface area contributed by atoms with Gasteiger partial charge in [0.1, 0.15) is 28.6 Å². The predicted octanol–water partition coefficient (Wildman–Crippen LogP) is 6.00. The molecule has 0 amide bonds. The molecule has 0 saturated heterocycles. The molecule has 3 aromatic carbocycles. The summed E-state index contributed by atoms with van der Waals surface area (Å²) >= 11 is 1.60. The zero-order valence-corrected chi connectivity index (χ0v) is 19.0. The van der Waals surface area contributed by atoms with E-state index in [0.29, 0.717) is 18.8 Å². The van der Waals surface area contributed by atoms with Gasteiger partial charge in [-0.2, -0.15) is 5.10 Å². The highest BCUT2D eigenvalue weighted by molar-refractivity contribution is 7.13. The van der Waals surface area contributed by atoms with Crippen LogP contribution in [0.25, 0.3) is 21.8 Å². The van der Waals surface area contributed by atoms with Crippen LogP contribution in [0.2, 0.25) is 0 Å². The molecule has 0 aliphatic rings. The Labute approximate surface area is 200 Å². The summed E-state index contributed by atoms with van der Waals surface area (Å²) in [7, 11) is 0. The van der Waals surface area contributed by atoms with E-state index >= 15 is 0 Å². The summed E-state index contributed by atoms with van der Waals surface area (Å²) in [6.45, 7) is 0.851. The second kappa shape index (κ2) is 9.72. The van der Waals surface area contributed by atoms with Gasteiger partial charge in [0.25, 0.3) is 0 Å². The maximum atomic E-state index is 11.7. The number of aromatic nitrogens is 3. The van der Waals surface area contributed by atoms with Crippen molar-refractivity contribution in [2.45, 2.75) is 13.2 Å². The Balaban J connectivity index is 1.24. The molecule has 1 N–H and O–H groups in total. The Hall–Kier alpha value is -4.23. The monoisotopic (exact) mass is 467 g/mol. The number of hydrogen-bond donors (Lipinski definition) is 1. The quantitative estimate of drug-likeness (QED) is 0.303. The molecule has 0 radical (unpaired) electrons. The molecule has 0 unspecified atom stereocenters. The number of ether oxygens (including phenoxy) is 1. The van der Waals surface area contributed by atoms with Crippen molar-refractivity contribution in [1.82, 2.24) is 14.8 Å². The maximum Gasteiger partial charge on any atom is 0.339 e. The minimum atomic E-state index is -0.994. The van der Waals surface area contributed by atoms with Gasteiger partial charge in [-0.3, -0.25) is 4.68 Å². The van der Waals surface area contributed by atoms with E-state index in [1.54, 1.807) is 22.2 Å². The summed E-state index contributed by atoms with van der Waals surface area (Å²) in [4.78, 5) is 16.4. The minimum absolute atomic E-state index is 0.185. The highest BCUT2D eigenvalue weighted by Crippen LogP contribution is 2.25. The van der Waals surface area contributed by atoms with E-state index in [2.05, 4.69) is 10.1 Å². The summed E-state index contributed by atoms with van der Waals surface area (Å²) in [5.74, 6) is -0.249. The Morgan fingerprint density at radius 2 is 1.59 bits per heavy atom. The topological polar surface area (TPSA) is 77.2 Å². The number of rotatable bonds is 8. The lowest BCUT2D eigenvalue weighted by molar-refractivity contribution is 0.0697. The molecule has 0 bridgehead atoms. The number of carbonyl (C=O) groups is 1. The Morgan fingerprint density at radius 1 is 0.912 bits per heavy atom. The van der Waals surface area contributed by atoms with E-state index in [-0.39, 0.29) is 5.56 Å². The number of nitrogens with zero attached hydrogens (tertiary/aromatic N) is 3. The molecule has 0 aliphatic heterocycles. The number of carboxylic acids is 1. The van der Waals surface area contributed by atoms with Gasteiger partial charge in [0.05, 0.1) is 12.2 Å². The van der Waals surface area contributed by atoms with Gasteiger partial charge >= 0.3 is 5.97 Å². The number of aromatic carboxylic acids is 1. The fourth-order valence-corrected chi connectivity index (χ4v) is 4.40. The van der Waals surface area contributed by atoms with Crippen molar-refractivity contribution in [3.8, 4) is 27.6 Å². The summed E-state index contributed by atoms with van der Waals surface area (Å²) in [5.41, 5.74) is 4.41. The van der Waals surface area contributed by atoms with Crippen molar-refractivity contribution in [3.63, 3.8) is 0 Å². The lowest BCUT2D eigenvalue weighted by Crippen LogP contribution is -2.01. The van der Waals surface area contributed by atoms with Gasteiger partial charge in [-0.05, 0) is 17.7 Å². The standard InChI is InChI=1S/C27H21N3O3S/c31-27(32)24-16-30(29-25(24)20-7-3-1-4-8-20)15-19-11-13-23(14-12-19)33-17-22-18-34-26(28-22)21-9-5-2-6-10-21/h1-14,16,18H,15,17H2,(H,31,32). The zero-order valence-electron chi connectivity index (χ0n) is 18.2. The Kier molecular flexibility index (Phi) is 6.18. The molecule has 7 heteroatoms. The molecular formula is C27H21N3O3S. The van der Waals surface area contributed by atoms with Crippen molar-refractivity contribution in [3.05, 3.63) is 113 Å². The number of benzene rings is 3. The molecule has 0 fully saturated rings. The van der Waals surface area contributed by atoms with E-state index in [9.17, 15) is 9.90 Å². The molecule has 5 rings (SSSR count). The summed E-state index contributed by atoms with van der Waals surface area (Å²) in [5, 5.41) is 17.1. The van der Waals surface area contributed by atoms with E-state index in [0.717, 1.165) is 33.1 Å². The lowest BCUT2D eigenvalue weighted by Gasteiger charge is -2.06. The van der Waals surface area contributed by atoms with Gasteiger partial charge in [-0.15, -0.1) is 11.3 Å². The van der Waals surface area contributed by atoms with Gasteiger partial charge in [0, 0.05) is 22.7 Å². The van der Waals surface area contributed by atoms with Crippen LogP contribution in [0.3, 0.4) is 0 Å². The number of hydrogen-bond acceptors (Lipinski definition) is 5. The normalized spacial score (nSPS) is 10.8.